The Morgan fingerprint density at radius 3 is 1.30 bits per heavy atom. The van der Waals surface area contributed by atoms with Gasteiger partial charge in [0.25, 0.3) is 0 Å². The van der Waals surface area contributed by atoms with Crippen LogP contribution in [0.5, 0.6) is 0 Å². The summed E-state index contributed by atoms with van der Waals surface area (Å²) < 4.78 is 6.06. The van der Waals surface area contributed by atoms with E-state index in [-0.39, 0.29) is 12.1 Å². The summed E-state index contributed by atoms with van der Waals surface area (Å²) in [7, 11) is 0. The van der Waals surface area contributed by atoms with Crippen LogP contribution in [0.3, 0.4) is 0 Å². The summed E-state index contributed by atoms with van der Waals surface area (Å²) in [6, 6.07) is 0. The van der Waals surface area contributed by atoms with Crippen LogP contribution in [0.2, 0.25) is 0 Å². The van der Waals surface area contributed by atoms with Crippen LogP contribution in [-0.2, 0) is 14.3 Å². The Kier molecular flexibility index (Phi) is 40.0. The SMILES string of the molecule is CC/C=C\C/C=C\C/C=C\CCCCCCCCCCCC(=O)OC(CCCCCCCC)CCCCCCCCCCCCCCC(=O)O. The van der Waals surface area contributed by atoms with Gasteiger partial charge < -0.3 is 9.84 Å². The quantitative estimate of drug-likeness (QED) is 0.0393. The van der Waals surface area contributed by atoms with Crippen LogP contribution in [0.1, 0.15) is 239 Å². The molecule has 0 rings (SSSR count). The number of unbranched alkanes of at least 4 members (excludes halogenated alkanes) is 25. The third kappa shape index (κ3) is 40.6. The standard InChI is InChI=1S/C46H84O4/c1-3-5-7-9-11-12-13-14-15-16-17-18-19-20-25-28-31-35-39-43-46(49)50-44(40-36-32-10-8-6-4-2)41-37-33-29-26-23-21-22-24-27-30-34-38-42-45(47)48/h5,7,11-12,14-15,44H,3-4,6,8-10,13,16-43H2,1-2H3,(H,47,48)/b7-5-,12-11-,15-14-. The molecule has 0 saturated carbocycles. The van der Waals surface area contributed by atoms with E-state index in [0.29, 0.717) is 12.8 Å². The van der Waals surface area contributed by atoms with Crippen molar-refractivity contribution in [1.29, 1.82) is 0 Å². The molecular weight excluding hydrogens is 617 g/mol. The zero-order valence-electron chi connectivity index (χ0n) is 33.5. The number of carboxylic acid groups (broad SMARTS) is 1. The number of carbonyl (C=O) groups excluding carboxylic acids is 1. The van der Waals surface area contributed by atoms with Gasteiger partial charge in [0.2, 0.25) is 0 Å². The third-order valence-corrected chi connectivity index (χ3v) is 9.88. The van der Waals surface area contributed by atoms with Crippen molar-refractivity contribution >= 4 is 11.9 Å². The molecule has 1 atom stereocenters. The minimum absolute atomic E-state index is 0.0390. The lowest BCUT2D eigenvalue weighted by atomic mass is 10.0. The maximum atomic E-state index is 12.7. The Hall–Kier alpha value is -1.84. The van der Waals surface area contributed by atoms with E-state index in [9.17, 15) is 9.59 Å². The second-order valence-corrected chi connectivity index (χ2v) is 14.9. The minimum Gasteiger partial charge on any atom is -0.481 e. The maximum Gasteiger partial charge on any atom is 0.306 e. The molecule has 1 N–H and O–H groups in total. The molecule has 0 spiro atoms. The summed E-state index contributed by atoms with van der Waals surface area (Å²) in [6.45, 7) is 4.44. The van der Waals surface area contributed by atoms with Gasteiger partial charge in [-0.05, 0) is 70.6 Å². The monoisotopic (exact) mass is 701 g/mol. The molecule has 0 aliphatic heterocycles. The Morgan fingerprint density at radius 1 is 0.460 bits per heavy atom. The minimum atomic E-state index is -0.669. The number of carboxylic acids is 1. The molecule has 0 bridgehead atoms. The number of allylic oxidation sites excluding steroid dienone is 6. The first kappa shape index (κ1) is 48.2. The Bertz CT molecular complexity index is 798. The largest absolute Gasteiger partial charge is 0.481 e. The molecule has 0 aromatic rings. The van der Waals surface area contributed by atoms with Crippen LogP contribution < -0.4 is 0 Å². The first-order valence-corrected chi connectivity index (χ1v) is 22.0. The van der Waals surface area contributed by atoms with E-state index < -0.39 is 5.97 Å². The molecule has 292 valence electrons. The smallest absolute Gasteiger partial charge is 0.306 e. The van der Waals surface area contributed by atoms with Gasteiger partial charge in [0.15, 0.2) is 0 Å². The van der Waals surface area contributed by atoms with Crippen LogP contribution >= 0.6 is 0 Å². The van der Waals surface area contributed by atoms with E-state index in [4.69, 9.17) is 9.84 Å². The van der Waals surface area contributed by atoms with Gasteiger partial charge in [0, 0.05) is 12.8 Å². The van der Waals surface area contributed by atoms with Crippen LogP contribution in [0, 0.1) is 0 Å². The number of rotatable bonds is 40. The van der Waals surface area contributed by atoms with E-state index in [1.165, 1.54) is 154 Å². The second kappa shape index (κ2) is 41.6. The number of carbonyl (C=O) groups is 2. The average molecular weight is 701 g/mol. The highest BCUT2D eigenvalue weighted by atomic mass is 16.5. The molecule has 50 heavy (non-hydrogen) atoms. The van der Waals surface area contributed by atoms with Gasteiger partial charge in [0.1, 0.15) is 6.10 Å². The van der Waals surface area contributed by atoms with Gasteiger partial charge >= 0.3 is 11.9 Å². The van der Waals surface area contributed by atoms with Gasteiger partial charge in [-0.15, -0.1) is 0 Å². The number of hydrogen-bond donors (Lipinski definition) is 1. The number of aliphatic carboxylic acids is 1. The number of esters is 1. The first-order chi connectivity index (χ1) is 24.6. The highest BCUT2D eigenvalue weighted by Gasteiger charge is 2.14. The van der Waals surface area contributed by atoms with Crippen molar-refractivity contribution in [3.63, 3.8) is 0 Å². The molecular formula is C46H84O4. The fourth-order valence-electron chi connectivity index (χ4n) is 6.67. The van der Waals surface area contributed by atoms with Gasteiger partial charge in [0.05, 0.1) is 0 Å². The van der Waals surface area contributed by atoms with E-state index in [1.54, 1.807) is 0 Å². The lowest BCUT2D eigenvalue weighted by Crippen LogP contribution is -2.18. The maximum absolute atomic E-state index is 12.7. The van der Waals surface area contributed by atoms with Crippen molar-refractivity contribution in [1.82, 2.24) is 0 Å². The normalized spacial score (nSPS) is 12.5. The molecule has 0 aliphatic carbocycles. The van der Waals surface area contributed by atoms with Crippen molar-refractivity contribution in [2.45, 2.75) is 245 Å². The van der Waals surface area contributed by atoms with E-state index in [0.717, 1.165) is 57.8 Å². The molecule has 0 radical (unpaired) electrons. The Balaban J connectivity index is 3.89. The number of hydrogen-bond acceptors (Lipinski definition) is 3. The van der Waals surface area contributed by atoms with Crippen LogP contribution in [-0.4, -0.2) is 23.1 Å². The highest BCUT2D eigenvalue weighted by Crippen LogP contribution is 2.19. The topological polar surface area (TPSA) is 63.6 Å². The van der Waals surface area contributed by atoms with E-state index in [2.05, 4.69) is 50.3 Å². The van der Waals surface area contributed by atoms with Crippen LogP contribution in [0.25, 0.3) is 0 Å². The van der Waals surface area contributed by atoms with Gasteiger partial charge in [-0.2, -0.15) is 0 Å². The Labute approximate surface area is 311 Å². The fraction of sp³-hybridized carbons (Fsp3) is 0.826. The van der Waals surface area contributed by atoms with Gasteiger partial charge in [-0.25, -0.2) is 0 Å². The van der Waals surface area contributed by atoms with Gasteiger partial charge in [-0.3, -0.25) is 9.59 Å². The lowest BCUT2D eigenvalue weighted by Gasteiger charge is -2.18. The summed E-state index contributed by atoms with van der Waals surface area (Å²) >= 11 is 0. The van der Waals surface area contributed by atoms with Crippen molar-refractivity contribution in [2.75, 3.05) is 0 Å². The summed E-state index contributed by atoms with van der Waals surface area (Å²) in [4.78, 5) is 23.3. The molecule has 4 nitrogen and oxygen atoms in total. The van der Waals surface area contributed by atoms with Crippen molar-refractivity contribution in [3.05, 3.63) is 36.5 Å². The summed E-state index contributed by atoms with van der Waals surface area (Å²) in [5.41, 5.74) is 0. The van der Waals surface area contributed by atoms with E-state index in [1.807, 2.05) is 0 Å². The van der Waals surface area contributed by atoms with E-state index >= 15 is 0 Å². The zero-order valence-corrected chi connectivity index (χ0v) is 33.5. The molecule has 0 saturated heterocycles. The third-order valence-electron chi connectivity index (χ3n) is 9.88. The molecule has 0 aliphatic rings. The van der Waals surface area contributed by atoms with Crippen LogP contribution in [0.4, 0.5) is 0 Å². The molecule has 0 aromatic carbocycles. The van der Waals surface area contributed by atoms with Crippen LogP contribution in [0.15, 0.2) is 36.5 Å². The predicted octanol–water partition coefficient (Wildman–Crippen LogP) is 15.3. The summed E-state index contributed by atoms with van der Waals surface area (Å²) in [6.07, 6.45) is 54.8. The average Bonchev–Trinajstić information content (AvgIpc) is 3.10. The molecule has 0 aromatic heterocycles. The predicted molar refractivity (Wildman–Crippen MR) is 218 cm³/mol. The molecule has 4 heteroatoms. The first-order valence-electron chi connectivity index (χ1n) is 22.0. The van der Waals surface area contributed by atoms with Crippen molar-refractivity contribution in [2.24, 2.45) is 0 Å². The lowest BCUT2D eigenvalue weighted by molar-refractivity contribution is -0.150. The highest BCUT2D eigenvalue weighted by molar-refractivity contribution is 5.69. The second-order valence-electron chi connectivity index (χ2n) is 14.9. The number of ether oxygens (including phenoxy) is 1. The Morgan fingerprint density at radius 2 is 0.840 bits per heavy atom. The summed E-state index contributed by atoms with van der Waals surface area (Å²) in [5.74, 6) is -0.630. The fourth-order valence-corrected chi connectivity index (χ4v) is 6.67. The van der Waals surface area contributed by atoms with Crippen molar-refractivity contribution < 1.29 is 19.4 Å². The van der Waals surface area contributed by atoms with Crippen molar-refractivity contribution in [3.8, 4) is 0 Å². The molecule has 0 heterocycles. The zero-order chi connectivity index (χ0) is 36.4. The molecule has 1 unspecified atom stereocenters. The van der Waals surface area contributed by atoms with Gasteiger partial charge in [-0.1, -0.05) is 192 Å². The molecule has 0 amide bonds. The summed E-state index contributed by atoms with van der Waals surface area (Å²) in [5, 5.41) is 8.71. The molecule has 0 fully saturated rings.